The second kappa shape index (κ2) is 9.67. The molecule has 0 aliphatic rings. The van der Waals surface area contributed by atoms with Gasteiger partial charge in [-0.3, -0.25) is 4.79 Å². The Labute approximate surface area is 171 Å². The van der Waals surface area contributed by atoms with E-state index < -0.39 is 28.0 Å². The zero-order valence-corrected chi connectivity index (χ0v) is 17.7. The highest BCUT2D eigenvalue weighted by atomic mass is 32.2. The van der Waals surface area contributed by atoms with E-state index in [1.54, 1.807) is 19.1 Å². The molecule has 0 saturated heterocycles. The largest absolute Gasteiger partial charge is 0.449 e. The van der Waals surface area contributed by atoms with Gasteiger partial charge in [-0.15, -0.1) is 0 Å². The third-order valence-corrected chi connectivity index (χ3v) is 5.76. The Morgan fingerprint density at radius 2 is 1.69 bits per heavy atom. The lowest BCUT2D eigenvalue weighted by atomic mass is 10.0. The maximum absolute atomic E-state index is 12.4. The summed E-state index contributed by atoms with van der Waals surface area (Å²) >= 11 is 0. The number of hydrogen-bond acceptors (Lipinski definition) is 5. The van der Waals surface area contributed by atoms with Gasteiger partial charge in [0.25, 0.3) is 5.91 Å². The number of rotatable bonds is 8. The molecule has 0 spiro atoms. The van der Waals surface area contributed by atoms with Gasteiger partial charge in [-0.1, -0.05) is 39.0 Å². The molecule has 29 heavy (non-hydrogen) atoms. The quantitative estimate of drug-likeness (QED) is 0.641. The molecule has 1 unspecified atom stereocenters. The van der Waals surface area contributed by atoms with E-state index in [-0.39, 0.29) is 17.0 Å². The molecule has 0 aliphatic heterocycles. The number of benzene rings is 2. The third-order valence-electron chi connectivity index (χ3n) is 4.21. The molecule has 0 radical (unpaired) electrons. The van der Waals surface area contributed by atoms with Crippen LogP contribution in [0.2, 0.25) is 0 Å². The van der Waals surface area contributed by atoms with Crippen molar-refractivity contribution in [2.45, 2.75) is 44.6 Å². The summed E-state index contributed by atoms with van der Waals surface area (Å²) in [5.74, 6) is -0.879. The van der Waals surface area contributed by atoms with Crippen LogP contribution in [-0.4, -0.2) is 32.9 Å². The maximum Gasteiger partial charge on any atom is 0.338 e. The molecule has 8 heteroatoms. The fourth-order valence-electron chi connectivity index (χ4n) is 2.54. The van der Waals surface area contributed by atoms with E-state index in [4.69, 9.17) is 4.74 Å². The van der Waals surface area contributed by atoms with Crippen LogP contribution in [0.25, 0.3) is 0 Å². The Morgan fingerprint density at radius 3 is 2.28 bits per heavy atom. The van der Waals surface area contributed by atoms with E-state index in [1.807, 2.05) is 12.1 Å². The summed E-state index contributed by atoms with van der Waals surface area (Å²) in [5.41, 5.74) is 1.79. The van der Waals surface area contributed by atoms with Gasteiger partial charge in [0.15, 0.2) is 6.10 Å². The van der Waals surface area contributed by atoms with Crippen LogP contribution in [0.3, 0.4) is 0 Å². The molecule has 156 valence electrons. The molecule has 0 saturated carbocycles. The minimum atomic E-state index is -3.70. The summed E-state index contributed by atoms with van der Waals surface area (Å²) in [6.45, 7) is 7.50. The standard InChI is InChI=1S/C21H26N2O5S/c1-5-22-29(26,27)19-8-6-7-17(13-19)21(25)28-15(4)20(24)23-18-11-9-16(10-12-18)14(2)3/h6-15,22H,5H2,1-4H3,(H,23,24). The highest BCUT2D eigenvalue weighted by Crippen LogP contribution is 2.18. The second-order valence-electron chi connectivity index (χ2n) is 6.84. The average Bonchev–Trinajstić information content (AvgIpc) is 2.68. The van der Waals surface area contributed by atoms with Crippen LogP contribution in [0.1, 0.15) is 49.5 Å². The van der Waals surface area contributed by atoms with E-state index in [9.17, 15) is 18.0 Å². The van der Waals surface area contributed by atoms with E-state index in [1.165, 1.54) is 31.2 Å². The van der Waals surface area contributed by atoms with Crippen LogP contribution in [0, 0.1) is 0 Å². The fourth-order valence-corrected chi connectivity index (χ4v) is 3.63. The molecule has 0 aromatic heterocycles. The Balaban J connectivity index is 2.03. The highest BCUT2D eigenvalue weighted by Gasteiger charge is 2.21. The maximum atomic E-state index is 12.4. The predicted octanol–water partition coefficient (Wildman–Crippen LogP) is 3.29. The zero-order chi connectivity index (χ0) is 21.6. The Morgan fingerprint density at radius 1 is 1.03 bits per heavy atom. The normalized spacial score (nSPS) is 12.4. The van der Waals surface area contributed by atoms with Crippen molar-refractivity contribution in [2.24, 2.45) is 0 Å². The molecule has 7 nitrogen and oxygen atoms in total. The van der Waals surface area contributed by atoms with Gasteiger partial charge >= 0.3 is 5.97 Å². The first kappa shape index (κ1) is 22.6. The first-order chi connectivity index (χ1) is 13.6. The number of hydrogen-bond donors (Lipinski definition) is 2. The van der Waals surface area contributed by atoms with E-state index >= 15 is 0 Å². The Hall–Kier alpha value is -2.71. The molecule has 0 fully saturated rings. The molecule has 0 heterocycles. The second-order valence-corrected chi connectivity index (χ2v) is 8.61. The number of amides is 1. The number of esters is 1. The van der Waals surface area contributed by atoms with Crippen LogP contribution in [0.5, 0.6) is 0 Å². The van der Waals surface area contributed by atoms with Crippen LogP contribution >= 0.6 is 0 Å². The van der Waals surface area contributed by atoms with Crippen molar-refractivity contribution in [3.05, 3.63) is 59.7 Å². The molecule has 1 atom stereocenters. The summed E-state index contributed by atoms with van der Waals surface area (Å²) in [4.78, 5) is 24.6. The van der Waals surface area contributed by atoms with Gasteiger partial charge in [0.1, 0.15) is 0 Å². The summed E-state index contributed by atoms with van der Waals surface area (Å²) in [6, 6.07) is 12.9. The minimum absolute atomic E-state index is 0.0452. The Bertz CT molecular complexity index is 969. The van der Waals surface area contributed by atoms with Crippen molar-refractivity contribution < 1.29 is 22.7 Å². The van der Waals surface area contributed by atoms with Crippen LogP contribution in [0.15, 0.2) is 53.4 Å². The van der Waals surface area contributed by atoms with Crippen LogP contribution < -0.4 is 10.0 Å². The molecule has 1 amide bonds. The van der Waals surface area contributed by atoms with Crippen molar-refractivity contribution in [2.75, 3.05) is 11.9 Å². The summed E-state index contributed by atoms with van der Waals surface area (Å²) < 4.78 is 31.7. The molecule has 2 N–H and O–H groups in total. The predicted molar refractivity (Wildman–Crippen MR) is 111 cm³/mol. The van der Waals surface area contributed by atoms with Crippen molar-refractivity contribution in [1.29, 1.82) is 0 Å². The lowest BCUT2D eigenvalue weighted by molar-refractivity contribution is -0.123. The van der Waals surface area contributed by atoms with Crippen molar-refractivity contribution in [3.63, 3.8) is 0 Å². The third kappa shape index (κ3) is 6.13. The van der Waals surface area contributed by atoms with E-state index in [2.05, 4.69) is 23.9 Å². The monoisotopic (exact) mass is 418 g/mol. The van der Waals surface area contributed by atoms with E-state index in [0.29, 0.717) is 11.6 Å². The number of nitrogens with one attached hydrogen (secondary N) is 2. The molecular weight excluding hydrogens is 392 g/mol. The average molecular weight is 419 g/mol. The molecular formula is C21H26N2O5S. The number of carbonyl (C=O) groups excluding carboxylic acids is 2. The SMILES string of the molecule is CCNS(=O)(=O)c1cccc(C(=O)OC(C)C(=O)Nc2ccc(C(C)C)cc2)c1. The van der Waals surface area contributed by atoms with Crippen LogP contribution in [0.4, 0.5) is 5.69 Å². The smallest absolute Gasteiger partial charge is 0.338 e. The van der Waals surface area contributed by atoms with Gasteiger partial charge in [-0.2, -0.15) is 0 Å². The molecule has 2 aromatic rings. The van der Waals surface area contributed by atoms with Gasteiger partial charge in [-0.25, -0.2) is 17.9 Å². The first-order valence-corrected chi connectivity index (χ1v) is 10.8. The first-order valence-electron chi connectivity index (χ1n) is 9.35. The number of carbonyl (C=O) groups is 2. The van der Waals surface area contributed by atoms with Gasteiger partial charge in [0.2, 0.25) is 10.0 Å². The lowest BCUT2D eigenvalue weighted by Gasteiger charge is -2.14. The van der Waals surface area contributed by atoms with Crippen LogP contribution in [-0.2, 0) is 19.6 Å². The van der Waals surface area contributed by atoms with Crippen molar-refractivity contribution in [1.82, 2.24) is 4.72 Å². The van der Waals surface area contributed by atoms with Crippen molar-refractivity contribution in [3.8, 4) is 0 Å². The molecule has 0 bridgehead atoms. The highest BCUT2D eigenvalue weighted by molar-refractivity contribution is 7.89. The summed E-state index contributed by atoms with van der Waals surface area (Å²) in [6.07, 6.45) is -1.05. The molecule has 2 rings (SSSR count). The van der Waals surface area contributed by atoms with Gasteiger partial charge < -0.3 is 10.1 Å². The lowest BCUT2D eigenvalue weighted by Crippen LogP contribution is -2.30. The van der Waals surface area contributed by atoms with E-state index in [0.717, 1.165) is 5.56 Å². The minimum Gasteiger partial charge on any atom is -0.449 e. The summed E-state index contributed by atoms with van der Waals surface area (Å²) in [7, 11) is -3.70. The van der Waals surface area contributed by atoms with Gasteiger partial charge in [0.05, 0.1) is 10.5 Å². The number of ether oxygens (including phenoxy) is 1. The molecule has 0 aliphatic carbocycles. The number of anilines is 1. The van der Waals surface area contributed by atoms with Crippen molar-refractivity contribution >= 4 is 27.6 Å². The Kier molecular flexibility index (Phi) is 7.53. The van der Waals surface area contributed by atoms with Gasteiger partial charge in [0, 0.05) is 12.2 Å². The topological polar surface area (TPSA) is 102 Å². The summed E-state index contributed by atoms with van der Waals surface area (Å²) in [5, 5.41) is 2.69. The van der Waals surface area contributed by atoms with Gasteiger partial charge in [-0.05, 0) is 48.7 Å². The fraction of sp³-hybridized carbons (Fsp3) is 0.333. The number of sulfonamides is 1. The molecule has 2 aromatic carbocycles. The zero-order valence-electron chi connectivity index (χ0n) is 16.9.